The maximum absolute atomic E-state index is 4.31. The molecular weight excluding hydrogens is 136 g/mol. The lowest BCUT2D eigenvalue weighted by Gasteiger charge is -1.73. The van der Waals surface area contributed by atoms with Crippen molar-refractivity contribution in [1.82, 2.24) is 20.6 Å². The zero-order valence-corrected chi connectivity index (χ0v) is 4.68. The summed E-state index contributed by atoms with van der Waals surface area (Å²) in [5.41, 5.74) is 0.850. The van der Waals surface area contributed by atoms with Crippen LogP contribution in [0.2, 0.25) is 0 Å². The van der Waals surface area contributed by atoms with E-state index in [0.717, 1.165) is 0 Å². The molecule has 2 heterocycles. The van der Waals surface area contributed by atoms with Gasteiger partial charge in [0, 0.05) is 0 Å². The van der Waals surface area contributed by atoms with Crippen LogP contribution in [0.25, 0.3) is 11.4 Å². The smallest absolute Gasteiger partial charge is 0.169 e. The zero-order valence-electron chi connectivity index (χ0n) is 4.68. The van der Waals surface area contributed by atoms with Crippen LogP contribution >= 0.6 is 0 Å². The second-order valence-electron chi connectivity index (χ2n) is 1.52. The zero-order chi connectivity index (χ0) is 6.81. The van der Waals surface area contributed by atoms with Gasteiger partial charge in [-0.1, -0.05) is 5.16 Å². The highest BCUT2D eigenvalue weighted by Crippen LogP contribution is 2.08. The van der Waals surface area contributed by atoms with Gasteiger partial charge in [0.2, 0.25) is 0 Å². The van der Waals surface area contributed by atoms with Crippen LogP contribution in [0.1, 0.15) is 0 Å². The van der Waals surface area contributed by atoms with E-state index < -0.39 is 0 Å². The fraction of sp³-hybridized carbons (Fsp3) is 0. The summed E-state index contributed by atoms with van der Waals surface area (Å²) < 4.78 is 8.58. The molecule has 6 nitrogen and oxygen atoms in total. The first-order valence-corrected chi connectivity index (χ1v) is 2.45. The van der Waals surface area contributed by atoms with E-state index in [1.165, 1.54) is 6.20 Å². The number of rotatable bonds is 1. The molecule has 2 aromatic rings. The molecule has 0 spiro atoms. The second kappa shape index (κ2) is 1.90. The molecule has 0 fully saturated rings. The van der Waals surface area contributed by atoms with Gasteiger partial charge in [0.1, 0.15) is 6.20 Å². The molecule has 0 aliphatic carbocycles. The van der Waals surface area contributed by atoms with E-state index in [1.807, 2.05) is 0 Å². The minimum Gasteiger partial charge on any atom is -0.244 e. The maximum atomic E-state index is 4.31. The second-order valence-corrected chi connectivity index (χ2v) is 1.52. The number of nitrogens with zero attached hydrogens (tertiary/aromatic N) is 4. The normalized spacial score (nSPS) is 10.0. The van der Waals surface area contributed by atoms with E-state index in [4.69, 9.17) is 0 Å². The fourth-order valence-corrected chi connectivity index (χ4v) is 0.518. The Bertz CT molecular complexity index is 255. The summed E-state index contributed by atoms with van der Waals surface area (Å²) >= 11 is 0. The largest absolute Gasteiger partial charge is 0.244 e. The van der Waals surface area contributed by atoms with Gasteiger partial charge >= 0.3 is 0 Å². The van der Waals surface area contributed by atoms with Crippen molar-refractivity contribution in [2.45, 2.75) is 0 Å². The van der Waals surface area contributed by atoms with Gasteiger partial charge in [0.15, 0.2) is 17.6 Å². The molecule has 0 aliphatic rings. The first-order valence-electron chi connectivity index (χ1n) is 2.45. The summed E-state index contributed by atoms with van der Waals surface area (Å²) in [7, 11) is 0. The Labute approximate surface area is 54.8 Å². The van der Waals surface area contributed by atoms with Gasteiger partial charge in [0.05, 0.1) is 0 Å². The monoisotopic (exact) mass is 137 g/mol. The Morgan fingerprint density at radius 2 is 2.30 bits per heavy atom. The van der Waals surface area contributed by atoms with E-state index in [1.54, 1.807) is 0 Å². The van der Waals surface area contributed by atoms with E-state index >= 15 is 0 Å². The summed E-state index contributed by atoms with van der Waals surface area (Å²) in [6.07, 6.45) is 3.85. The van der Waals surface area contributed by atoms with Crippen molar-refractivity contribution in [1.29, 1.82) is 0 Å². The van der Waals surface area contributed by atoms with Gasteiger partial charge in [-0.05, 0) is 15.5 Å². The predicted octanol–water partition coefficient (Wildman–Crippen LogP) is -0.0802. The fourth-order valence-electron chi connectivity index (χ4n) is 0.518. The Balaban J connectivity index is 2.48. The molecular formula is C4HN4O2. The third-order valence-electron chi connectivity index (χ3n) is 0.928. The summed E-state index contributed by atoms with van der Waals surface area (Å²) in [6.45, 7) is 0. The Kier molecular flexibility index (Phi) is 0.970. The van der Waals surface area contributed by atoms with Crippen molar-refractivity contribution in [3.63, 3.8) is 0 Å². The van der Waals surface area contributed by atoms with Crippen LogP contribution in [0.5, 0.6) is 0 Å². The van der Waals surface area contributed by atoms with Crippen LogP contribution in [0, 0.1) is 6.20 Å². The van der Waals surface area contributed by atoms with Gasteiger partial charge in [-0.2, -0.15) is 0 Å². The molecule has 2 aromatic heterocycles. The molecule has 49 valence electrons. The molecule has 0 bridgehead atoms. The standard InChI is InChI=1S/C4HN4O2/c1-3(7-9-5-1)4-2-6-10-8-4/h1H. The van der Waals surface area contributed by atoms with Gasteiger partial charge < -0.3 is 0 Å². The van der Waals surface area contributed by atoms with E-state index in [-0.39, 0.29) is 0 Å². The van der Waals surface area contributed by atoms with Gasteiger partial charge in [-0.3, -0.25) is 0 Å². The summed E-state index contributed by atoms with van der Waals surface area (Å²) in [4.78, 5) is 0. The third-order valence-corrected chi connectivity index (χ3v) is 0.928. The maximum Gasteiger partial charge on any atom is 0.169 e. The van der Waals surface area contributed by atoms with E-state index in [2.05, 4.69) is 36.1 Å². The molecule has 2 rings (SSSR count). The van der Waals surface area contributed by atoms with Crippen LogP contribution < -0.4 is 0 Å². The molecule has 0 N–H and O–H groups in total. The quantitative estimate of drug-likeness (QED) is 0.547. The molecule has 0 aromatic carbocycles. The van der Waals surface area contributed by atoms with Crippen LogP contribution in [0.4, 0.5) is 0 Å². The SMILES string of the molecule is [c]1nonc1-c1cnon1. The Hall–Kier alpha value is -1.72. The summed E-state index contributed by atoms with van der Waals surface area (Å²) in [5.74, 6) is 0. The Morgan fingerprint density at radius 1 is 1.30 bits per heavy atom. The average Bonchev–Trinajstić information content (AvgIpc) is 2.59. The molecule has 10 heavy (non-hydrogen) atoms. The number of hydrogen-bond acceptors (Lipinski definition) is 6. The molecule has 0 unspecified atom stereocenters. The van der Waals surface area contributed by atoms with Gasteiger partial charge in [0.25, 0.3) is 0 Å². The Morgan fingerprint density at radius 3 is 2.90 bits per heavy atom. The highest BCUT2D eigenvalue weighted by molar-refractivity contribution is 5.47. The topological polar surface area (TPSA) is 77.8 Å². The van der Waals surface area contributed by atoms with E-state index in [0.29, 0.717) is 11.4 Å². The molecule has 0 aliphatic heterocycles. The van der Waals surface area contributed by atoms with Gasteiger partial charge in [-0.15, -0.1) is 0 Å². The summed E-state index contributed by atoms with van der Waals surface area (Å²) in [6, 6.07) is 0. The lowest BCUT2D eigenvalue weighted by molar-refractivity contribution is 0.303. The molecule has 0 saturated carbocycles. The third kappa shape index (κ3) is 0.661. The molecule has 0 amide bonds. The minimum atomic E-state index is 0.390. The molecule has 0 saturated heterocycles. The van der Waals surface area contributed by atoms with Crippen molar-refractivity contribution in [3.05, 3.63) is 12.4 Å². The lowest BCUT2D eigenvalue weighted by Crippen LogP contribution is -1.73. The molecule has 0 atom stereocenters. The molecule has 6 heteroatoms. The van der Waals surface area contributed by atoms with E-state index in [9.17, 15) is 0 Å². The predicted molar refractivity (Wildman–Crippen MR) is 26.4 cm³/mol. The number of hydrogen-bond donors (Lipinski definition) is 0. The highest BCUT2D eigenvalue weighted by Gasteiger charge is 2.05. The minimum absolute atomic E-state index is 0.390. The van der Waals surface area contributed by atoms with Crippen molar-refractivity contribution < 1.29 is 9.26 Å². The first kappa shape index (κ1) is 5.10. The highest BCUT2D eigenvalue weighted by atomic mass is 16.6. The van der Waals surface area contributed by atoms with Crippen molar-refractivity contribution >= 4 is 0 Å². The van der Waals surface area contributed by atoms with Crippen LogP contribution in [-0.2, 0) is 0 Å². The lowest BCUT2D eigenvalue weighted by atomic mass is 10.4. The average molecular weight is 137 g/mol. The number of aromatic nitrogens is 4. The van der Waals surface area contributed by atoms with Crippen LogP contribution in [0.3, 0.4) is 0 Å². The van der Waals surface area contributed by atoms with Crippen molar-refractivity contribution in [2.75, 3.05) is 0 Å². The first-order chi connectivity index (χ1) is 4.97. The summed E-state index contributed by atoms with van der Waals surface area (Å²) in [5, 5.41) is 13.6. The molecule has 1 radical (unpaired) electrons. The van der Waals surface area contributed by atoms with Crippen molar-refractivity contribution in [3.8, 4) is 11.4 Å². The van der Waals surface area contributed by atoms with Crippen molar-refractivity contribution in [2.24, 2.45) is 0 Å². The van der Waals surface area contributed by atoms with Crippen LogP contribution in [0.15, 0.2) is 15.5 Å². The van der Waals surface area contributed by atoms with Gasteiger partial charge in [-0.25, -0.2) is 9.26 Å². The van der Waals surface area contributed by atoms with Crippen LogP contribution in [-0.4, -0.2) is 20.6 Å².